The topological polar surface area (TPSA) is 23.5 Å². The molecule has 0 amide bonds. The van der Waals surface area contributed by atoms with E-state index >= 15 is 0 Å². The summed E-state index contributed by atoms with van der Waals surface area (Å²) in [5.74, 6) is 0. The Labute approximate surface area is 103 Å². The lowest BCUT2D eigenvalue weighted by molar-refractivity contribution is 0.147. The van der Waals surface area contributed by atoms with Crippen LogP contribution in [0.2, 0.25) is 0 Å². The SMILES string of the molecule is OC1(c2ccccc2CN2CCCCC2)CC1. The van der Waals surface area contributed by atoms with E-state index in [0.29, 0.717) is 0 Å². The van der Waals surface area contributed by atoms with E-state index in [4.69, 9.17) is 0 Å². The molecule has 0 bridgehead atoms. The first-order chi connectivity index (χ1) is 8.28. The highest BCUT2D eigenvalue weighted by atomic mass is 16.3. The monoisotopic (exact) mass is 231 g/mol. The van der Waals surface area contributed by atoms with Gasteiger partial charge in [0.25, 0.3) is 0 Å². The summed E-state index contributed by atoms with van der Waals surface area (Å²) in [7, 11) is 0. The van der Waals surface area contributed by atoms with Crippen LogP contribution >= 0.6 is 0 Å². The second-order valence-corrected chi connectivity index (χ2v) is 5.53. The number of likely N-dealkylation sites (tertiary alicyclic amines) is 1. The van der Waals surface area contributed by atoms with Gasteiger partial charge in [-0.3, -0.25) is 4.90 Å². The standard InChI is InChI=1S/C15H21NO/c17-15(8-9-15)14-7-3-2-6-13(14)12-16-10-4-1-5-11-16/h2-3,6-7,17H,1,4-5,8-12H2. The largest absolute Gasteiger partial charge is 0.385 e. The van der Waals surface area contributed by atoms with Gasteiger partial charge in [-0.15, -0.1) is 0 Å². The van der Waals surface area contributed by atoms with Crippen molar-refractivity contribution in [3.05, 3.63) is 35.4 Å². The number of hydrogen-bond donors (Lipinski definition) is 1. The molecule has 0 atom stereocenters. The molecule has 3 rings (SSSR count). The van der Waals surface area contributed by atoms with Crippen molar-refractivity contribution in [2.75, 3.05) is 13.1 Å². The Morgan fingerprint density at radius 1 is 1.06 bits per heavy atom. The third-order valence-electron chi connectivity index (χ3n) is 4.08. The summed E-state index contributed by atoms with van der Waals surface area (Å²) in [6, 6.07) is 8.42. The molecule has 1 heterocycles. The maximum atomic E-state index is 10.3. The lowest BCUT2D eigenvalue weighted by Gasteiger charge is -2.28. The smallest absolute Gasteiger partial charge is 0.0902 e. The number of nitrogens with zero attached hydrogens (tertiary/aromatic N) is 1. The molecule has 0 unspecified atom stereocenters. The van der Waals surface area contributed by atoms with Gasteiger partial charge in [-0.1, -0.05) is 30.7 Å². The lowest BCUT2D eigenvalue weighted by atomic mass is 9.99. The highest BCUT2D eigenvalue weighted by Gasteiger charge is 2.43. The predicted octanol–water partition coefficient (Wildman–Crippen LogP) is 2.65. The Hall–Kier alpha value is -0.860. The van der Waals surface area contributed by atoms with E-state index in [1.165, 1.54) is 43.5 Å². The van der Waals surface area contributed by atoms with Crippen LogP contribution in [0.25, 0.3) is 0 Å². The lowest BCUT2D eigenvalue weighted by Crippen LogP contribution is -2.30. The Morgan fingerprint density at radius 3 is 2.47 bits per heavy atom. The molecule has 2 fully saturated rings. The van der Waals surface area contributed by atoms with Crippen molar-refractivity contribution < 1.29 is 5.11 Å². The molecule has 2 nitrogen and oxygen atoms in total. The Balaban J connectivity index is 1.77. The maximum Gasteiger partial charge on any atom is 0.0902 e. The molecule has 2 aliphatic rings. The van der Waals surface area contributed by atoms with Crippen molar-refractivity contribution in [2.45, 2.75) is 44.2 Å². The normalized spacial score (nSPS) is 23.6. The fourth-order valence-corrected chi connectivity index (χ4v) is 2.86. The van der Waals surface area contributed by atoms with Crippen LogP contribution in [0.1, 0.15) is 43.2 Å². The molecule has 1 aliphatic heterocycles. The van der Waals surface area contributed by atoms with E-state index in [1.807, 2.05) is 6.07 Å². The second-order valence-electron chi connectivity index (χ2n) is 5.53. The van der Waals surface area contributed by atoms with E-state index in [1.54, 1.807) is 0 Å². The van der Waals surface area contributed by atoms with Gasteiger partial charge < -0.3 is 5.11 Å². The molecule has 17 heavy (non-hydrogen) atoms. The van der Waals surface area contributed by atoms with Gasteiger partial charge in [0.15, 0.2) is 0 Å². The summed E-state index contributed by atoms with van der Waals surface area (Å²) < 4.78 is 0. The first-order valence-corrected chi connectivity index (χ1v) is 6.81. The van der Waals surface area contributed by atoms with Crippen LogP contribution in [0.15, 0.2) is 24.3 Å². The van der Waals surface area contributed by atoms with Crippen molar-refractivity contribution in [3.63, 3.8) is 0 Å². The van der Waals surface area contributed by atoms with Crippen molar-refractivity contribution in [3.8, 4) is 0 Å². The van der Waals surface area contributed by atoms with Crippen LogP contribution in [0.3, 0.4) is 0 Å². The van der Waals surface area contributed by atoms with Crippen LogP contribution in [-0.2, 0) is 12.1 Å². The van der Waals surface area contributed by atoms with Gasteiger partial charge in [-0.2, -0.15) is 0 Å². The molecule has 1 saturated heterocycles. The van der Waals surface area contributed by atoms with Crippen LogP contribution in [0.5, 0.6) is 0 Å². The third kappa shape index (κ3) is 2.38. The zero-order chi connectivity index (χ0) is 11.7. The summed E-state index contributed by atoms with van der Waals surface area (Å²) in [6.07, 6.45) is 5.90. The van der Waals surface area contributed by atoms with E-state index in [0.717, 1.165) is 19.4 Å². The molecule has 1 aliphatic carbocycles. The van der Waals surface area contributed by atoms with E-state index in [9.17, 15) is 5.11 Å². The van der Waals surface area contributed by atoms with Crippen molar-refractivity contribution in [2.24, 2.45) is 0 Å². The molecule has 1 saturated carbocycles. The van der Waals surface area contributed by atoms with Gasteiger partial charge >= 0.3 is 0 Å². The first-order valence-electron chi connectivity index (χ1n) is 6.81. The van der Waals surface area contributed by atoms with E-state index < -0.39 is 5.60 Å². The zero-order valence-corrected chi connectivity index (χ0v) is 10.4. The van der Waals surface area contributed by atoms with Gasteiger partial charge in [0.1, 0.15) is 0 Å². The summed E-state index contributed by atoms with van der Waals surface area (Å²) in [6.45, 7) is 3.44. The quantitative estimate of drug-likeness (QED) is 0.864. The zero-order valence-electron chi connectivity index (χ0n) is 10.4. The fourth-order valence-electron chi connectivity index (χ4n) is 2.86. The molecular formula is C15H21NO. The van der Waals surface area contributed by atoms with E-state index in [-0.39, 0.29) is 0 Å². The molecular weight excluding hydrogens is 210 g/mol. The van der Waals surface area contributed by atoms with Crippen molar-refractivity contribution >= 4 is 0 Å². The average molecular weight is 231 g/mol. The van der Waals surface area contributed by atoms with E-state index in [2.05, 4.69) is 23.1 Å². The highest BCUT2D eigenvalue weighted by molar-refractivity contribution is 5.35. The first kappa shape index (κ1) is 11.2. The van der Waals surface area contributed by atoms with Gasteiger partial charge in [0, 0.05) is 6.54 Å². The minimum absolute atomic E-state index is 0.494. The summed E-state index contributed by atoms with van der Waals surface area (Å²) in [4.78, 5) is 2.52. The van der Waals surface area contributed by atoms with Crippen LogP contribution in [0.4, 0.5) is 0 Å². The van der Waals surface area contributed by atoms with Crippen LogP contribution in [-0.4, -0.2) is 23.1 Å². The summed E-state index contributed by atoms with van der Waals surface area (Å²) >= 11 is 0. The minimum atomic E-state index is -0.494. The molecule has 92 valence electrons. The molecule has 1 aromatic rings. The van der Waals surface area contributed by atoms with Gasteiger partial charge in [-0.05, 0) is 49.9 Å². The number of rotatable bonds is 3. The Kier molecular flexibility index (Phi) is 2.93. The molecule has 1 N–H and O–H groups in total. The number of aliphatic hydroxyl groups is 1. The molecule has 1 aromatic carbocycles. The van der Waals surface area contributed by atoms with Crippen LogP contribution in [0, 0.1) is 0 Å². The highest BCUT2D eigenvalue weighted by Crippen LogP contribution is 2.46. The molecule has 2 heteroatoms. The maximum absolute atomic E-state index is 10.3. The fraction of sp³-hybridized carbons (Fsp3) is 0.600. The average Bonchev–Trinajstić information content (AvgIpc) is 3.10. The van der Waals surface area contributed by atoms with Crippen molar-refractivity contribution in [1.29, 1.82) is 0 Å². The molecule has 0 aromatic heterocycles. The summed E-state index contributed by atoms with van der Waals surface area (Å²) in [5, 5.41) is 10.3. The second kappa shape index (κ2) is 4.43. The molecule has 0 spiro atoms. The Bertz CT molecular complexity index is 392. The third-order valence-corrected chi connectivity index (χ3v) is 4.08. The number of piperidine rings is 1. The van der Waals surface area contributed by atoms with Gasteiger partial charge in [-0.25, -0.2) is 0 Å². The van der Waals surface area contributed by atoms with Gasteiger partial charge in [0.2, 0.25) is 0 Å². The predicted molar refractivity (Wildman–Crippen MR) is 68.7 cm³/mol. The van der Waals surface area contributed by atoms with Gasteiger partial charge in [0.05, 0.1) is 5.60 Å². The van der Waals surface area contributed by atoms with Crippen molar-refractivity contribution in [1.82, 2.24) is 4.90 Å². The molecule has 0 radical (unpaired) electrons. The minimum Gasteiger partial charge on any atom is -0.385 e. The number of benzene rings is 1. The summed E-state index contributed by atoms with van der Waals surface area (Å²) in [5.41, 5.74) is 2.01. The Morgan fingerprint density at radius 2 is 1.76 bits per heavy atom. The van der Waals surface area contributed by atoms with Crippen LogP contribution < -0.4 is 0 Å². The number of hydrogen-bond acceptors (Lipinski definition) is 2.